The van der Waals surface area contributed by atoms with Gasteiger partial charge in [0.1, 0.15) is 11.9 Å². The molecule has 0 aliphatic heterocycles. The lowest BCUT2D eigenvalue weighted by Gasteiger charge is -2.11. The first kappa shape index (κ1) is 11.5. The Balaban J connectivity index is 1.97. The fourth-order valence-electron chi connectivity index (χ4n) is 1.82. The summed E-state index contributed by atoms with van der Waals surface area (Å²) in [6, 6.07) is 0. The van der Waals surface area contributed by atoms with Crippen molar-refractivity contribution in [1.29, 1.82) is 0 Å². The number of ether oxygens (including phenoxy) is 1. The molecule has 1 atom stereocenters. The Bertz CT molecular complexity index is 322. The topological polar surface area (TPSA) is 76.8 Å². The maximum absolute atomic E-state index is 5.70. The van der Waals surface area contributed by atoms with E-state index in [1.807, 2.05) is 6.92 Å². The van der Waals surface area contributed by atoms with Crippen molar-refractivity contribution in [2.24, 2.45) is 11.7 Å². The predicted octanol–water partition coefficient (Wildman–Crippen LogP) is 1.18. The van der Waals surface area contributed by atoms with Crippen LogP contribution >= 0.6 is 0 Å². The molecule has 0 bridgehead atoms. The molecule has 5 nitrogen and oxygen atoms in total. The number of aryl methyl sites for hydroxylation is 1. The Labute approximate surface area is 95.8 Å². The van der Waals surface area contributed by atoms with E-state index >= 15 is 0 Å². The second-order valence-electron chi connectivity index (χ2n) is 4.25. The molecule has 0 spiro atoms. The van der Waals surface area contributed by atoms with Crippen LogP contribution in [0.1, 0.15) is 43.9 Å². The van der Waals surface area contributed by atoms with Gasteiger partial charge < -0.3 is 10.5 Å². The maximum Gasteiger partial charge on any atom is 0.179 e. The van der Waals surface area contributed by atoms with Gasteiger partial charge in [0.05, 0.1) is 0 Å². The van der Waals surface area contributed by atoms with E-state index in [-0.39, 0.29) is 6.10 Å². The van der Waals surface area contributed by atoms with Gasteiger partial charge in [-0.05, 0) is 38.6 Å². The number of nitrogens with zero attached hydrogens (tertiary/aromatic N) is 2. The lowest BCUT2D eigenvalue weighted by molar-refractivity contribution is 0.0402. The largest absolute Gasteiger partial charge is 0.370 e. The van der Waals surface area contributed by atoms with Gasteiger partial charge in [-0.15, -0.1) is 0 Å². The van der Waals surface area contributed by atoms with E-state index in [1.165, 1.54) is 12.8 Å². The molecule has 3 N–H and O–H groups in total. The van der Waals surface area contributed by atoms with E-state index < -0.39 is 0 Å². The standard InChI is InChI=1S/C11H20N4O/c1-2-16-10(8-5-6-8)11-13-9(14-15-11)4-3-7-12/h8,10H,2-7,12H2,1H3,(H,13,14,15). The quantitative estimate of drug-likeness (QED) is 0.729. The van der Waals surface area contributed by atoms with Crippen molar-refractivity contribution in [2.45, 2.75) is 38.7 Å². The average molecular weight is 224 g/mol. The zero-order valence-corrected chi connectivity index (χ0v) is 9.78. The molecule has 1 unspecified atom stereocenters. The van der Waals surface area contributed by atoms with Crippen LogP contribution in [0.25, 0.3) is 0 Å². The SMILES string of the molecule is CCOC(c1n[nH]c(CCCN)n1)C1CC1. The molecule has 2 rings (SSSR count). The van der Waals surface area contributed by atoms with Crippen LogP contribution in [-0.4, -0.2) is 28.3 Å². The molecule has 1 heterocycles. The smallest absolute Gasteiger partial charge is 0.179 e. The van der Waals surface area contributed by atoms with Gasteiger partial charge in [0.25, 0.3) is 0 Å². The maximum atomic E-state index is 5.70. The highest BCUT2D eigenvalue weighted by atomic mass is 16.5. The van der Waals surface area contributed by atoms with Gasteiger partial charge >= 0.3 is 0 Å². The van der Waals surface area contributed by atoms with Gasteiger partial charge in [0.15, 0.2) is 5.82 Å². The zero-order chi connectivity index (χ0) is 11.4. The van der Waals surface area contributed by atoms with Crippen molar-refractivity contribution in [3.63, 3.8) is 0 Å². The van der Waals surface area contributed by atoms with Crippen molar-refractivity contribution in [3.05, 3.63) is 11.6 Å². The number of nitrogens with two attached hydrogens (primary N) is 1. The van der Waals surface area contributed by atoms with Crippen LogP contribution in [0.15, 0.2) is 0 Å². The van der Waals surface area contributed by atoms with Crippen LogP contribution < -0.4 is 5.73 Å². The van der Waals surface area contributed by atoms with Crippen LogP contribution in [0.2, 0.25) is 0 Å². The molecule has 1 aromatic rings. The van der Waals surface area contributed by atoms with E-state index in [4.69, 9.17) is 10.5 Å². The highest BCUT2D eigenvalue weighted by molar-refractivity contribution is 5.00. The molecular weight excluding hydrogens is 204 g/mol. The van der Waals surface area contributed by atoms with Crippen molar-refractivity contribution in [1.82, 2.24) is 15.2 Å². The molecule has 1 aliphatic carbocycles. The molecule has 1 aromatic heterocycles. The Hall–Kier alpha value is -0.940. The molecule has 0 saturated heterocycles. The number of hydrogen-bond donors (Lipinski definition) is 2. The van der Waals surface area contributed by atoms with Crippen LogP contribution in [0.4, 0.5) is 0 Å². The number of H-pyrrole nitrogens is 1. The molecule has 5 heteroatoms. The van der Waals surface area contributed by atoms with Crippen molar-refractivity contribution >= 4 is 0 Å². The Morgan fingerprint density at radius 2 is 2.38 bits per heavy atom. The van der Waals surface area contributed by atoms with Crippen molar-refractivity contribution < 1.29 is 4.74 Å². The van der Waals surface area contributed by atoms with Crippen molar-refractivity contribution in [3.8, 4) is 0 Å². The molecule has 16 heavy (non-hydrogen) atoms. The zero-order valence-electron chi connectivity index (χ0n) is 9.78. The molecule has 1 saturated carbocycles. The Kier molecular flexibility index (Phi) is 3.90. The number of aromatic amines is 1. The summed E-state index contributed by atoms with van der Waals surface area (Å²) < 4.78 is 5.70. The van der Waals surface area contributed by atoms with Gasteiger partial charge in [0, 0.05) is 13.0 Å². The lowest BCUT2D eigenvalue weighted by Crippen LogP contribution is -2.08. The number of rotatable bonds is 7. The summed E-state index contributed by atoms with van der Waals surface area (Å²) in [6.45, 7) is 3.42. The summed E-state index contributed by atoms with van der Waals surface area (Å²) >= 11 is 0. The Morgan fingerprint density at radius 1 is 1.56 bits per heavy atom. The first-order valence-corrected chi connectivity index (χ1v) is 6.08. The number of hydrogen-bond acceptors (Lipinski definition) is 4. The normalized spacial score (nSPS) is 17.6. The number of aromatic nitrogens is 3. The second-order valence-corrected chi connectivity index (χ2v) is 4.25. The molecule has 1 fully saturated rings. The van der Waals surface area contributed by atoms with Gasteiger partial charge in [-0.25, -0.2) is 4.98 Å². The minimum Gasteiger partial charge on any atom is -0.370 e. The fraction of sp³-hybridized carbons (Fsp3) is 0.818. The fourth-order valence-corrected chi connectivity index (χ4v) is 1.82. The third-order valence-electron chi connectivity index (χ3n) is 2.82. The molecule has 0 radical (unpaired) electrons. The summed E-state index contributed by atoms with van der Waals surface area (Å²) in [5.41, 5.74) is 5.46. The summed E-state index contributed by atoms with van der Waals surface area (Å²) in [5.74, 6) is 2.36. The van der Waals surface area contributed by atoms with E-state index in [0.29, 0.717) is 19.1 Å². The third kappa shape index (κ3) is 2.80. The van der Waals surface area contributed by atoms with Gasteiger partial charge in [0.2, 0.25) is 0 Å². The summed E-state index contributed by atoms with van der Waals surface area (Å²) in [7, 11) is 0. The second kappa shape index (κ2) is 5.41. The van der Waals surface area contributed by atoms with Crippen LogP contribution in [0.5, 0.6) is 0 Å². The lowest BCUT2D eigenvalue weighted by atomic mass is 10.2. The summed E-state index contributed by atoms with van der Waals surface area (Å²) in [4.78, 5) is 4.48. The molecule has 1 aliphatic rings. The monoisotopic (exact) mass is 224 g/mol. The van der Waals surface area contributed by atoms with E-state index in [2.05, 4.69) is 15.2 Å². The summed E-state index contributed by atoms with van der Waals surface area (Å²) in [5, 5.41) is 7.21. The highest BCUT2D eigenvalue weighted by Crippen LogP contribution is 2.42. The highest BCUT2D eigenvalue weighted by Gasteiger charge is 2.35. The van der Waals surface area contributed by atoms with Gasteiger partial charge in [-0.3, -0.25) is 5.10 Å². The van der Waals surface area contributed by atoms with E-state index in [0.717, 1.165) is 24.5 Å². The summed E-state index contributed by atoms with van der Waals surface area (Å²) in [6.07, 6.45) is 4.37. The molecule has 0 aromatic carbocycles. The molecule has 0 amide bonds. The van der Waals surface area contributed by atoms with Gasteiger partial charge in [-0.1, -0.05) is 0 Å². The van der Waals surface area contributed by atoms with Crippen LogP contribution in [0.3, 0.4) is 0 Å². The van der Waals surface area contributed by atoms with Crippen LogP contribution in [0, 0.1) is 5.92 Å². The predicted molar refractivity (Wildman–Crippen MR) is 60.8 cm³/mol. The first-order valence-electron chi connectivity index (χ1n) is 6.08. The van der Waals surface area contributed by atoms with Crippen molar-refractivity contribution in [2.75, 3.05) is 13.2 Å². The first-order chi connectivity index (χ1) is 7.85. The Morgan fingerprint density at radius 3 is 3.00 bits per heavy atom. The number of nitrogens with one attached hydrogen (secondary N) is 1. The van der Waals surface area contributed by atoms with E-state index in [1.54, 1.807) is 0 Å². The minimum absolute atomic E-state index is 0.0906. The minimum atomic E-state index is 0.0906. The third-order valence-corrected chi connectivity index (χ3v) is 2.82. The molecule has 90 valence electrons. The average Bonchev–Trinajstić information content (AvgIpc) is 3.02. The van der Waals surface area contributed by atoms with Crippen LogP contribution in [-0.2, 0) is 11.2 Å². The van der Waals surface area contributed by atoms with Gasteiger partial charge in [-0.2, -0.15) is 5.10 Å². The van der Waals surface area contributed by atoms with E-state index in [9.17, 15) is 0 Å². The molecular formula is C11H20N4O.